The SMILES string of the molecule is CC(C)Cc1ncc2c(-c3ccn4ncc(C(=O)NCC5CC(F)(F)C5)c4c3)c[nH]c2n1. The summed E-state index contributed by atoms with van der Waals surface area (Å²) in [7, 11) is 0. The maximum absolute atomic E-state index is 13.0. The van der Waals surface area contributed by atoms with E-state index in [1.54, 1.807) is 10.7 Å². The van der Waals surface area contributed by atoms with Crippen molar-refractivity contribution in [2.75, 3.05) is 6.54 Å². The van der Waals surface area contributed by atoms with Crippen LogP contribution in [0.25, 0.3) is 27.7 Å². The molecule has 1 aliphatic carbocycles. The van der Waals surface area contributed by atoms with Crippen molar-refractivity contribution in [1.29, 1.82) is 0 Å². The van der Waals surface area contributed by atoms with Crippen molar-refractivity contribution in [3.63, 3.8) is 0 Å². The zero-order chi connectivity index (χ0) is 22.5. The monoisotopic (exact) mass is 438 g/mol. The molecule has 1 aliphatic rings. The third kappa shape index (κ3) is 3.83. The van der Waals surface area contributed by atoms with Crippen molar-refractivity contribution in [3.05, 3.63) is 48.3 Å². The van der Waals surface area contributed by atoms with Gasteiger partial charge in [0.25, 0.3) is 5.91 Å². The van der Waals surface area contributed by atoms with Crippen LogP contribution in [0.15, 0.2) is 36.9 Å². The van der Waals surface area contributed by atoms with Gasteiger partial charge in [-0.3, -0.25) is 4.79 Å². The second-order valence-electron chi connectivity index (χ2n) is 8.99. The van der Waals surface area contributed by atoms with Gasteiger partial charge in [-0.05, 0) is 29.5 Å². The number of carbonyl (C=O) groups excluding carboxylic acids is 1. The Bertz CT molecular complexity index is 1300. The van der Waals surface area contributed by atoms with E-state index in [0.29, 0.717) is 17.0 Å². The molecule has 166 valence electrons. The van der Waals surface area contributed by atoms with Crippen molar-refractivity contribution in [2.45, 2.75) is 39.0 Å². The zero-order valence-corrected chi connectivity index (χ0v) is 17.9. The summed E-state index contributed by atoms with van der Waals surface area (Å²) >= 11 is 0. The van der Waals surface area contributed by atoms with Gasteiger partial charge in [0.15, 0.2) is 0 Å². The Morgan fingerprint density at radius 3 is 2.91 bits per heavy atom. The molecule has 9 heteroatoms. The highest BCUT2D eigenvalue weighted by Gasteiger charge is 2.45. The number of alkyl halides is 2. The summed E-state index contributed by atoms with van der Waals surface area (Å²) in [5.74, 6) is -1.81. The average Bonchev–Trinajstić information content (AvgIpc) is 3.33. The molecule has 32 heavy (non-hydrogen) atoms. The van der Waals surface area contributed by atoms with Gasteiger partial charge in [0.2, 0.25) is 5.92 Å². The first kappa shape index (κ1) is 20.5. The quantitative estimate of drug-likeness (QED) is 0.471. The molecule has 7 nitrogen and oxygen atoms in total. The lowest BCUT2D eigenvalue weighted by Crippen LogP contribution is -2.42. The van der Waals surface area contributed by atoms with Crippen LogP contribution in [0.2, 0.25) is 0 Å². The van der Waals surface area contributed by atoms with Crippen LogP contribution in [-0.2, 0) is 6.42 Å². The van der Waals surface area contributed by atoms with E-state index >= 15 is 0 Å². The summed E-state index contributed by atoms with van der Waals surface area (Å²) in [5.41, 5.74) is 3.66. The molecule has 0 aliphatic heterocycles. The molecule has 4 aromatic rings. The predicted octanol–water partition coefficient (Wildman–Crippen LogP) is 4.25. The molecule has 4 aromatic heterocycles. The number of rotatable bonds is 6. The Labute approximate surface area is 183 Å². The Hall–Kier alpha value is -3.36. The second-order valence-corrected chi connectivity index (χ2v) is 8.99. The minimum Gasteiger partial charge on any atom is -0.352 e. The fourth-order valence-corrected chi connectivity index (χ4v) is 4.23. The van der Waals surface area contributed by atoms with E-state index in [4.69, 9.17) is 0 Å². The number of carbonyl (C=O) groups is 1. The molecule has 0 unspecified atom stereocenters. The third-order valence-electron chi connectivity index (χ3n) is 5.88. The van der Waals surface area contributed by atoms with E-state index < -0.39 is 5.92 Å². The molecule has 4 heterocycles. The second kappa shape index (κ2) is 7.65. The van der Waals surface area contributed by atoms with Crippen molar-refractivity contribution < 1.29 is 13.6 Å². The third-order valence-corrected chi connectivity index (χ3v) is 5.88. The molecule has 2 N–H and O–H groups in total. The number of aromatic nitrogens is 5. The van der Waals surface area contributed by atoms with Gasteiger partial charge in [-0.1, -0.05) is 13.8 Å². The van der Waals surface area contributed by atoms with Gasteiger partial charge in [0.1, 0.15) is 11.5 Å². The van der Waals surface area contributed by atoms with Crippen LogP contribution < -0.4 is 5.32 Å². The van der Waals surface area contributed by atoms with Crippen LogP contribution in [-0.4, -0.2) is 42.9 Å². The maximum Gasteiger partial charge on any atom is 0.255 e. The largest absolute Gasteiger partial charge is 0.352 e. The normalized spacial score (nSPS) is 16.0. The fraction of sp³-hybridized carbons (Fsp3) is 0.391. The summed E-state index contributed by atoms with van der Waals surface area (Å²) in [6, 6.07) is 3.81. The van der Waals surface area contributed by atoms with Crippen molar-refractivity contribution >= 4 is 22.5 Å². The lowest BCUT2D eigenvalue weighted by molar-refractivity contribution is -0.108. The molecular weight excluding hydrogens is 414 g/mol. The number of halogens is 2. The first-order valence-corrected chi connectivity index (χ1v) is 10.8. The van der Waals surface area contributed by atoms with Crippen LogP contribution in [0.3, 0.4) is 0 Å². The van der Waals surface area contributed by atoms with Gasteiger partial charge >= 0.3 is 0 Å². The Morgan fingerprint density at radius 1 is 1.34 bits per heavy atom. The molecule has 0 spiro atoms. The van der Waals surface area contributed by atoms with E-state index in [9.17, 15) is 13.6 Å². The number of amides is 1. The number of hydrogen-bond donors (Lipinski definition) is 2. The van der Waals surface area contributed by atoms with Gasteiger partial charge in [-0.2, -0.15) is 5.10 Å². The topological polar surface area (TPSA) is 88.0 Å². The van der Waals surface area contributed by atoms with Crippen molar-refractivity contribution in [3.8, 4) is 11.1 Å². The highest BCUT2D eigenvalue weighted by atomic mass is 19.3. The zero-order valence-electron chi connectivity index (χ0n) is 17.9. The first-order chi connectivity index (χ1) is 15.3. The number of nitrogens with zero attached hydrogens (tertiary/aromatic N) is 4. The molecule has 1 fully saturated rings. The predicted molar refractivity (Wildman–Crippen MR) is 117 cm³/mol. The lowest BCUT2D eigenvalue weighted by Gasteiger charge is -2.34. The van der Waals surface area contributed by atoms with E-state index in [1.807, 2.05) is 24.5 Å². The van der Waals surface area contributed by atoms with Crippen LogP contribution in [0, 0.1) is 11.8 Å². The highest BCUT2D eigenvalue weighted by Crippen LogP contribution is 2.41. The Morgan fingerprint density at radius 2 is 2.16 bits per heavy atom. The average molecular weight is 438 g/mol. The molecule has 0 saturated heterocycles. The van der Waals surface area contributed by atoms with Crippen molar-refractivity contribution in [1.82, 2.24) is 29.9 Å². The highest BCUT2D eigenvalue weighted by molar-refractivity contribution is 6.02. The van der Waals surface area contributed by atoms with Gasteiger partial charge in [0, 0.05) is 55.3 Å². The van der Waals surface area contributed by atoms with E-state index in [1.165, 1.54) is 6.20 Å². The summed E-state index contributed by atoms with van der Waals surface area (Å²) in [5, 5.41) is 7.92. The summed E-state index contributed by atoms with van der Waals surface area (Å²) in [6.45, 7) is 4.50. The number of hydrogen-bond acceptors (Lipinski definition) is 4. The minimum atomic E-state index is -2.59. The smallest absolute Gasteiger partial charge is 0.255 e. The summed E-state index contributed by atoms with van der Waals surface area (Å²) in [6.07, 6.45) is 7.47. The number of nitrogens with one attached hydrogen (secondary N) is 2. The molecule has 1 amide bonds. The Balaban J connectivity index is 1.40. The molecule has 0 aromatic carbocycles. The fourth-order valence-electron chi connectivity index (χ4n) is 4.23. The molecule has 0 atom stereocenters. The van der Waals surface area contributed by atoms with Gasteiger partial charge in [-0.25, -0.2) is 23.3 Å². The minimum absolute atomic E-state index is 0.173. The van der Waals surface area contributed by atoms with Gasteiger partial charge < -0.3 is 10.3 Å². The van der Waals surface area contributed by atoms with Crippen LogP contribution >= 0.6 is 0 Å². The summed E-state index contributed by atoms with van der Waals surface area (Å²) < 4.78 is 27.7. The van der Waals surface area contributed by atoms with E-state index in [2.05, 4.69) is 39.2 Å². The first-order valence-electron chi connectivity index (χ1n) is 10.8. The number of fused-ring (bicyclic) bond motifs is 2. The molecule has 0 radical (unpaired) electrons. The lowest BCUT2D eigenvalue weighted by atomic mass is 9.81. The maximum atomic E-state index is 13.0. The van der Waals surface area contributed by atoms with Gasteiger partial charge in [-0.15, -0.1) is 0 Å². The molecule has 1 saturated carbocycles. The van der Waals surface area contributed by atoms with E-state index in [-0.39, 0.29) is 31.2 Å². The van der Waals surface area contributed by atoms with Gasteiger partial charge in [0.05, 0.1) is 17.3 Å². The summed E-state index contributed by atoms with van der Waals surface area (Å²) in [4.78, 5) is 25.0. The molecule has 5 rings (SSSR count). The number of aromatic amines is 1. The van der Waals surface area contributed by atoms with Crippen LogP contribution in [0.4, 0.5) is 8.78 Å². The van der Waals surface area contributed by atoms with Crippen molar-refractivity contribution in [2.24, 2.45) is 11.8 Å². The standard InChI is InChI=1S/C23H24F2N6O/c1-13(2)5-20-26-11-17-16(10-27-21(17)30-20)15-3-4-31-19(6-15)18(12-29-31)22(32)28-9-14-7-23(24,25)8-14/h3-4,6,10-14H,5,7-9H2,1-2H3,(H,28,32)(H,26,27,30). The number of pyridine rings is 1. The van der Waals surface area contributed by atoms with Crippen LogP contribution in [0.5, 0.6) is 0 Å². The molecule has 0 bridgehead atoms. The van der Waals surface area contributed by atoms with Crippen LogP contribution in [0.1, 0.15) is 42.9 Å². The number of H-pyrrole nitrogens is 1. The molecular formula is C23H24F2N6O. The van der Waals surface area contributed by atoms with E-state index in [0.717, 1.165) is 34.4 Å². The Kier molecular flexibility index (Phi) is 4.91.